The number of nitrogens with two attached hydrogens (primary N) is 2. The summed E-state index contributed by atoms with van der Waals surface area (Å²) in [5.41, 5.74) is 11.6. The van der Waals surface area contributed by atoms with E-state index in [2.05, 4.69) is 13.8 Å². The van der Waals surface area contributed by atoms with Crippen molar-refractivity contribution < 1.29 is 19.1 Å². The first-order valence-electron chi connectivity index (χ1n) is 6.21. The molecule has 0 heterocycles. The fourth-order valence-electron chi connectivity index (χ4n) is 0.828. The fourth-order valence-corrected chi connectivity index (χ4v) is 3.33. The molecule has 0 radical (unpaired) electrons. The van der Waals surface area contributed by atoms with Crippen molar-refractivity contribution in [2.75, 3.05) is 11.5 Å². The summed E-state index contributed by atoms with van der Waals surface area (Å²) in [7, 11) is 3.23. The molecule has 118 valence electrons. The Morgan fingerprint density at radius 3 is 1.95 bits per heavy atom. The van der Waals surface area contributed by atoms with Gasteiger partial charge in [0.25, 0.3) is 0 Å². The van der Waals surface area contributed by atoms with Gasteiger partial charge < -0.3 is 16.2 Å². The van der Waals surface area contributed by atoms with Crippen molar-refractivity contribution in [1.82, 2.24) is 0 Å². The van der Waals surface area contributed by atoms with Crippen LogP contribution in [0.3, 0.4) is 0 Å². The van der Waals surface area contributed by atoms with Crippen molar-refractivity contribution in [3.05, 3.63) is 0 Å². The molecule has 0 rings (SSSR count). The lowest BCUT2D eigenvalue weighted by Crippen LogP contribution is -2.36. The normalized spacial score (nSPS) is 13.2. The topological polar surface area (TPSA) is 112 Å². The van der Waals surface area contributed by atoms with E-state index in [9.17, 15) is 4.79 Å². The SMILES string of the molecule is CC(C)OC(=O)[C@@H](N)CSSC[C@H](N)C(C)C.O=C=O. The van der Waals surface area contributed by atoms with E-state index in [4.69, 9.17) is 25.8 Å². The van der Waals surface area contributed by atoms with Crippen LogP contribution in [0.4, 0.5) is 0 Å². The summed E-state index contributed by atoms with van der Waals surface area (Å²) in [5.74, 6) is 1.57. The molecule has 0 unspecified atom stereocenters. The second-order valence-electron chi connectivity index (χ2n) is 4.65. The van der Waals surface area contributed by atoms with E-state index >= 15 is 0 Å². The predicted octanol–water partition coefficient (Wildman–Crippen LogP) is 1.05. The Morgan fingerprint density at radius 2 is 1.55 bits per heavy atom. The van der Waals surface area contributed by atoms with Crippen LogP contribution in [0.15, 0.2) is 0 Å². The Morgan fingerprint density at radius 1 is 1.10 bits per heavy atom. The number of hydrogen-bond donors (Lipinski definition) is 2. The van der Waals surface area contributed by atoms with Crippen LogP contribution in [0, 0.1) is 5.92 Å². The summed E-state index contributed by atoms with van der Waals surface area (Å²) in [6.07, 6.45) is 0.139. The summed E-state index contributed by atoms with van der Waals surface area (Å²) >= 11 is 0. The molecule has 0 aromatic rings. The predicted molar refractivity (Wildman–Crippen MR) is 81.9 cm³/mol. The van der Waals surface area contributed by atoms with Crippen LogP contribution in [0.2, 0.25) is 0 Å². The highest BCUT2D eigenvalue weighted by molar-refractivity contribution is 8.76. The summed E-state index contributed by atoms with van der Waals surface area (Å²) in [4.78, 5) is 27.6. The minimum absolute atomic E-state index is 0.111. The van der Waals surface area contributed by atoms with E-state index in [-0.39, 0.29) is 24.3 Å². The Hall–Kier alpha value is -0.530. The van der Waals surface area contributed by atoms with Gasteiger partial charge in [-0.05, 0) is 19.8 Å². The third-order valence-electron chi connectivity index (χ3n) is 2.10. The van der Waals surface area contributed by atoms with E-state index < -0.39 is 6.04 Å². The summed E-state index contributed by atoms with van der Waals surface area (Å²) in [5, 5.41) is 0. The van der Waals surface area contributed by atoms with E-state index in [0.717, 1.165) is 5.75 Å². The van der Waals surface area contributed by atoms with Crippen LogP contribution in [-0.4, -0.2) is 41.8 Å². The molecule has 0 spiro atoms. The molecule has 0 saturated heterocycles. The maximum atomic E-state index is 11.4. The van der Waals surface area contributed by atoms with Gasteiger partial charge in [0.15, 0.2) is 0 Å². The maximum absolute atomic E-state index is 11.4. The van der Waals surface area contributed by atoms with Crippen molar-refractivity contribution >= 4 is 33.7 Å². The van der Waals surface area contributed by atoms with E-state index in [1.165, 1.54) is 0 Å². The fraction of sp³-hybridized carbons (Fsp3) is 0.833. The molecule has 0 fully saturated rings. The van der Waals surface area contributed by atoms with Gasteiger partial charge >= 0.3 is 12.1 Å². The molecule has 6 nitrogen and oxygen atoms in total. The number of rotatable bonds is 8. The number of carbonyl (C=O) groups is 1. The van der Waals surface area contributed by atoms with Gasteiger partial charge in [0.1, 0.15) is 6.04 Å². The summed E-state index contributed by atoms with van der Waals surface area (Å²) < 4.78 is 5.02. The van der Waals surface area contributed by atoms with Crippen molar-refractivity contribution in [3.8, 4) is 0 Å². The molecule has 0 aromatic carbocycles. The van der Waals surface area contributed by atoms with Crippen LogP contribution in [-0.2, 0) is 19.1 Å². The largest absolute Gasteiger partial charge is 0.462 e. The average Bonchev–Trinajstić information content (AvgIpc) is 2.33. The van der Waals surface area contributed by atoms with Crippen LogP contribution in [0.5, 0.6) is 0 Å². The summed E-state index contributed by atoms with van der Waals surface area (Å²) in [6.45, 7) is 7.83. The van der Waals surface area contributed by atoms with Gasteiger partial charge in [-0.2, -0.15) is 9.59 Å². The maximum Gasteiger partial charge on any atom is 0.373 e. The third-order valence-corrected chi connectivity index (χ3v) is 4.60. The first kappa shape index (κ1) is 21.8. The average molecular weight is 324 g/mol. The number of carbonyl (C=O) groups excluding carboxylic acids is 3. The Kier molecular flexibility index (Phi) is 14.6. The monoisotopic (exact) mass is 324 g/mol. The van der Waals surface area contributed by atoms with E-state index in [0.29, 0.717) is 11.7 Å². The van der Waals surface area contributed by atoms with Crippen molar-refractivity contribution in [3.63, 3.8) is 0 Å². The Labute approximate surface area is 128 Å². The molecule has 4 N–H and O–H groups in total. The molecule has 20 heavy (non-hydrogen) atoms. The highest BCUT2D eigenvalue weighted by Gasteiger charge is 2.16. The Balaban J connectivity index is 0. The van der Waals surface area contributed by atoms with Crippen molar-refractivity contribution in [2.24, 2.45) is 17.4 Å². The van der Waals surface area contributed by atoms with Gasteiger partial charge in [-0.3, -0.25) is 4.79 Å². The van der Waals surface area contributed by atoms with E-state index in [1.807, 2.05) is 13.8 Å². The molecule has 8 heteroatoms. The molecule has 0 aliphatic heterocycles. The quantitative estimate of drug-likeness (QED) is 0.387. The minimum Gasteiger partial charge on any atom is -0.462 e. The lowest BCUT2D eigenvalue weighted by Gasteiger charge is -2.16. The molecule has 0 bridgehead atoms. The highest BCUT2D eigenvalue weighted by Crippen LogP contribution is 2.23. The molecular weight excluding hydrogens is 300 g/mol. The van der Waals surface area contributed by atoms with Gasteiger partial charge in [-0.15, -0.1) is 0 Å². The van der Waals surface area contributed by atoms with E-state index in [1.54, 1.807) is 21.6 Å². The van der Waals surface area contributed by atoms with Crippen LogP contribution < -0.4 is 11.5 Å². The number of ether oxygens (including phenoxy) is 1. The molecule has 0 aromatic heterocycles. The van der Waals surface area contributed by atoms with Crippen LogP contribution >= 0.6 is 21.6 Å². The van der Waals surface area contributed by atoms with Gasteiger partial charge in [0.2, 0.25) is 0 Å². The second-order valence-corrected chi connectivity index (χ2v) is 7.20. The zero-order chi connectivity index (χ0) is 16.1. The second kappa shape index (κ2) is 13.5. The highest BCUT2D eigenvalue weighted by atomic mass is 33.1. The molecule has 0 saturated carbocycles. The minimum atomic E-state index is -0.551. The zero-order valence-electron chi connectivity index (χ0n) is 12.3. The molecule has 0 aliphatic carbocycles. The van der Waals surface area contributed by atoms with Crippen molar-refractivity contribution in [1.29, 1.82) is 0 Å². The van der Waals surface area contributed by atoms with Gasteiger partial charge in [-0.25, -0.2) is 0 Å². The van der Waals surface area contributed by atoms with Crippen LogP contribution in [0.1, 0.15) is 27.7 Å². The lowest BCUT2D eigenvalue weighted by atomic mass is 10.1. The lowest BCUT2D eigenvalue weighted by molar-refractivity contribution is -0.191. The standard InChI is InChI=1S/C11H24N2O2S2.CO2/c1-7(2)9(12)5-16-17-6-10(13)11(14)15-8(3)4;2-1-3/h7-10H,5-6,12-13H2,1-4H3;/t9-,10-;/m0./s1. The zero-order valence-corrected chi connectivity index (χ0v) is 14.0. The third kappa shape index (κ3) is 13.9. The molecular formula is C12H24N2O4S2. The first-order chi connectivity index (χ1) is 9.26. The molecule has 0 aliphatic rings. The molecule has 2 atom stereocenters. The smallest absolute Gasteiger partial charge is 0.373 e. The van der Waals surface area contributed by atoms with Gasteiger partial charge in [-0.1, -0.05) is 35.4 Å². The van der Waals surface area contributed by atoms with Crippen molar-refractivity contribution in [2.45, 2.75) is 45.9 Å². The van der Waals surface area contributed by atoms with Gasteiger partial charge in [0, 0.05) is 17.5 Å². The summed E-state index contributed by atoms with van der Waals surface area (Å²) in [6, 6.07) is -0.364. The first-order valence-corrected chi connectivity index (χ1v) is 8.70. The Bertz CT molecular complexity index is 295. The van der Waals surface area contributed by atoms with Crippen LogP contribution in [0.25, 0.3) is 0 Å². The van der Waals surface area contributed by atoms with Gasteiger partial charge in [0.05, 0.1) is 6.10 Å². The number of hydrogen-bond acceptors (Lipinski definition) is 8. The molecule has 0 amide bonds. The number of esters is 1.